The van der Waals surface area contributed by atoms with E-state index in [9.17, 15) is 4.79 Å². The van der Waals surface area contributed by atoms with Crippen molar-refractivity contribution in [1.29, 1.82) is 0 Å². The Morgan fingerprint density at radius 1 is 1.17 bits per heavy atom. The third kappa shape index (κ3) is 2.52. The molecule has 6 heteroatoms. The molecule has 1 aliphatic heterocycles. The van der Waals surface area contributed by atoms with E-state index in [1.54, 1.807) is 12.3 Å². The number of rotatable bonds is 3. The zero-order valence-corrected chi connectivity index (χ0v) is 12.6. The lowest BCUT2D eigenvalue weighted by Gasteiger charge is -2.22. The molecule has 0 bridgehead atoms. The molecule has 6 nitrogen and oxygen atoms in total. The second-order valence-electron chi connectivity index (χ2n) is 5.65. The Labute approximate surface area is 133 Å². The van der Waals surface area contributed by atoms with Crippen molar-refractivity contribution in [3.8, 4) is 11.4 Å². The second-order valence-corrected chi connectivity index (χ2v) is 5.65. The molecular formula is C17H17N5O. The predicted molar refractivity (Wildman–Crippen MR) is 85.6 cm³/mol. The lowest BCUT2D eigenvalue weighted by molar-refractivity contribution is 0.0725. The highest BCUT2D eigenvalue weighted by Gasteiger charge is 2.33. The van der Waals surface area contributed by atoms with Gasteiger partial charge in [-0.05, 0) is 25.0 Å². The molecule has 23 heavy (non-hydrogen) atoms. The minimum atomic E-state index is -0.0456. The Morgan fingerprint density at radius 2 is 2.04 bits per heavy atom. The molecule has 1 fully saturated rings. The van der Waals surface area contributed by atoms with E-state index in [1.165, 1.54) is 0 Å². The summed E-state index contributed by atoms with van der Waals surface area (Å²) in [5, 5.41) is 7.32. The largest absolute Gasteiger partial charge is 0.357 e. The molecule has 2 N–H and O–H groups in total. The molecule has 1 aromatic carbocycles. The standard InChI is InChI=1S/C17H17N5O/c23-17(13-8-4-10-18-13)22-11-5-9-14(22)16-19-15(20-21-16)12-6-2-1-3-7-12/h1-4,6-8,10,14,18H,5,9,11H2,(H,19,20,21)/t14-/m1/s1. The fourth-order valence-electron chi connectivity index (χ4n) is 3.05. The maximum atomic E-state index is 12.6. The molecular weight excluding hydrogens is 290 g/mol. The molecule has 0 aliphatic carbocycles. The van der Waals surface area contributed by atoms with Crippen LogP contribution in [-0.2, 0) is 0 Å². The maximum Gasteiger partial charge on any atom is 0.270 e. The smallest absolute Gasteiger partial charge is 0.270 e. The lowest BCUT2D eigenvalue weighted by Crippen LogP contribution is -2.31. The molecule has 0 saturated carbocycles. The molecule has 3 heterocycles. The Balaban J connectivity index is 1.60. The molecule has 0 radical (unpaired) electrons. The van der Waals surface area contributed by atoms with Gasteiger partial charge in [-0.3, -0.25) is 9.89 Å². The van der Waals surface area contributed by atoms with Gasteiger partial charge in [-0.15, -0.1) is 0 Å². The van der Waals surface area contributed by atoms with Crippen molar-refractivity contribution in [2.24, 2.45) is 0 Å². The van der Waals surface area contributed by atoms with Gasteiger partial charge in [0, 0.05) is 18.3 Å². The molecule has 4 rings (SSSR count). The molecule has 2 aromatic heterocycles. The van der Waals surface area contributed by atoms with Crippen LogP contribution in [0.15, 0.2) is 48.7 Å². The number of amides is 1. The molecule has 1 aliphatic rings. The topological polar surface area (TPSA) is 77.7 Å². The number of hydrogen-bond acceptors (Lipinski definition) is 3. The summed E-state index contributed by atoms with van der Waals surface area (Å²) >= 11 is 0. The number of aromatic nitrogens is 4. The number of nitrogens with one attached hydrogen (secondary N) is 2. The number of carbonyl (C=O) groups excluding carboxylic acids is 1. The highest BCUT2D eigenvalue weighted by atomic mass is 16.2. The number of benzene rings is 1. The Bertz CT molecular complexity index is 794. The minimum Gasteiger partial charge on any atom is -0.357 e. The zero-order valence-electron chi connectivity index (χ0n) is 12.6. The monoisotopic (exact) mass is 307 g/mol. The highest BCUT2D eigenvalue weighted by molar-refractivity contribution is 5.92. The van der Waals surface area contributed by atoms with Crippen molar-refractivity contribution >= 4 is 5.91 Å². The normalized spacial score (nSPS) is 17.6. The number of likely N-dealkylation sites (tertiary alicyclic amines) is 1. The minimum absolute atomic E-state index is 0.00941. The van der Waals surface area contributed by atoms with E-state index in [4.69, 9.17) is 0 Å². The van der Waals surface area contributed by atoms with Gasteiger partial charge in [0.05, 0.1) is 6.04 Å². The summed E-state index contributed by atoms with van der Waals surface area (Å²) in [7, 11) is 0. The Kier molecular flexibility index (Phi) is 3.42. The van der Waals surface area contributed by atoms with Gasteiger partial charge < -0.3 is 9.88 Å². The van der Waals surface area contributed by atoms with Crippen LogP contribution in [0.1, 0.15) is 35.2 Å². The average Bonchev–Trinajstić information content (AvgIpc) is 3.35. The average molecular weight is 307 g/mol. The van der Waals surface area contributed by atoms with Crippen molar-refractivity contribution in [3.05, 3.63) is 60.2 Å². The van der Waals surface area contributed by atoms with Crippen molar-refractivity contribution in [3.63, 3.8) is 0 Å². The first-order valence-corrected chi connectivity index (χ1v) is 7.75. The SMILES string of the molecule is O=C(c1ccc[nH]1)N1CCC[C@@H]1c1nc(-c2ccccc2)n[nH]1. The van der Waals surface area contributed by atoms with Crippen molar-refractivity contribution in [1.82, 2.24) is 25.1 Å². The van der Waals surface area contributed by atoms with Gasteiger partial charge in [0.15, 0.2) is 5.82 Å². The van der Waals surface area contributed by atoms with Crippen molar-refractivity contribution < 1.29 is 4.79 Å². The van der Waals surface area contributed by atoms with Crippen LogP contribution in [0, 0.1) is 0 Å². The van der Waals surface area contributed by atoms with E-state index >= 15 is 0 Å². The van der Waals surface area contributed by atoms with E-state index < -0.39 is 0 Å². The van der Waals surface area contributed by atoms with Gasteiger partial charge in [0.1, 0.15) is 11.5 Å². The molecule has 0 spiro atoms. The fourth-order valence-corrected chi connectivity index (χ4v) is 3.05. The summed E-state index contributed by atoms with van der Waals surface area (Å²) in [5.74, 6) is 1.43. The van der Waals surface area contributed by atoms with Gasteiger partial charge in [0.25, 0.3) is 5.91 Å². The third-order valence-electron chi connectivity index (χ3n) is 4.19. The Morgan fingerprint density at radius 3 is 2.83 bits per heavy atom. The summed E-state index contributed by atoms with van der Waals surface area (Å²) in [5.41, 5.74) is 1.58. The number of aromatic amines is 2. The number of carbonyl (C=O) groups is 1. The van der Waals surface area contributed by atoms with Crippen LogP contribution in [0.5, 0.6) is 0 Å². The van der Waals surface area contributed by atoms with Gasteiger partial charge >= 0.3 is 0 Å². The number of hydrogen-bond donors (Lipinski definition) is 2. The summed E-state index contributed by atoms with van der Waals surface area (Å²) in [4.78, 5) is 22.0. The highest BCUT2D eigenvalue weighted by Crippen LogP contribution is 2.31. The van der Waals surface area contributed by atoms with E-state index in [0.29, 0.717) is 11.5 Å². The molecule has 1 amide bonds. The van der Waals surface area contributed by atoms with Gasteiger partial charge in [-0.2, -0.15) is 5.10 Å². The van der Waals surface area contributed by atoms with Gasteiger partial charge in [0.2, 0.25) is 0 Å². The quantitative estimate of drug-likeness (QED) is 0.781. The van der Waals surface area contributed by atoms with Crippen molar-refractivity contribution in [2.75, 3.05) is 6.54 Å². The summed E-state index contributed by atoms with van der Waals surface area (Å²) < 4.78 is 0. The van der Waals surface area contributed by atoms with Gasteiger partial charge in [-0.1, -0.05) is 30.3 Å². The fraction of sp³-hybridized carbons (Fsp3) is 0.235. The zero-order chi connectivity index (χ0) is 15.6. The molecule has 1 saturated heterocycles. The van der Waals surface area contributed by atoms with E-state index in [0.717, 1.165) is 30.8 Å². The van der Waals surface area contributed by atoms with Crippen LogP contribution >= 0.6 is 0 Å². The van der Waals surface area contributed by atoms with Crippen LogP contribution in [0.3, 0.4) is 0 Å². The van der Waals surface area contributed by atoms with E-state index in [1.807, 2.05) is 41.3 Å². The van der Waals surface area contributed by atoms with Crippen LogP contribution in [0.2, 0.25) is 0 Å². The molecule has 1 atom stereocenters. The number of H-pyrrole nitrogens is 2. The van der Waals surface area contributed by atoms with Crippen LogP contribution in [0.25, 0.3) is 11.4 Å². The Hall–Kier alpha value is -2.89. The van der Waals surface area contributed by atoms with Crippen molar-refractivity contribution in [2.45, 2.75) is 18.9 Å². The first-order chi connectivity index (χ1) is 11.3. The molecule has 116 valence electrons. The van der Waals surface area contributed by atoms with Gasteiger partial charge in [-0.25, -0.2) is 4.98 Å². The summed E-state index contributed by atoms with van der Waals surface area (Å²) in [6, 6.07) is 13.4. The second kappa shape index (κ2) is 5.72. The predicted octanol–water partition coefficient (Wildman–Crippen LogP) is 2.78. The summed E-state index contributed by atoms with van der Waals surface area (Å²) in [6.07, 6.45) is 3.63. The maximum absolute atomic E-state index is 12.6. The van der Waals surface area contributed by atoms with Crippen LogP contribution < -0.4 is 0 Å². The van der Waals surface area contributed by atoms with E-state index in [2.05, 4.69) is 20.2 Å². The third-order valence-corrected chi connectivity index (χ3v) is 4.19. The molecule has 0 unspecified atom stereocenters. The lowest BCUT2D eigenvalue weighted by atomic mass is 10.2. The van der Waals surface area contributed by atoms with Crippen LogP contribution in [0.4, 0.5) is 0 Å². The van der Waals surface area contributed by atoms with E-state index in [-0.39, 0.29) is 11.9 Å². The molecule has 3 aromatic rings. The summed E-state index contributed by atoms with van der Waals surface area (Å²) in [6.45, 7) is 0.740. The first kappa shape index (κ1) is 13.8. The first-order valence-electron chi connectivity index (χ1n) is 7.75. The van der Waals surface area contributed by atoms with Crippen LogP contribution in [-0.4, -0.2) is 37.5 Å². The number of nitrogens with zero attached hydrogens (tertiary/aromatic N) is 3.